The fourth-order valence-corrected chi connectivity index (χ4v) is 1.93. The van der Waals surface area contributed by atoms with E-state index in [4.69, 9.17) is 10.3 Å². The number of nitrogens with two attached hydrogens (primary N) is 1. The van der Waals surface area contributed by atoms with Gasteiger partial charge in [0.05, 0.1) is 11.1 Å². The maximum absolute atomic E-state index is 12.7. The lowest BCUT2D eigenvalue weighted by Crippen LogP contribution is -2.10. The van der Waals surface area contributed by atoms with E-state index in [2.05, 4.69) is 26.1 Å². The Morgan fingerprint density at radius 2 is 2.10 bits per heavy atom. The van der Waals surface area contributed by atoms with E-state index in [9.17, 15) is 13.2 Å². The molecule has 0 spiro atoms. The summed E-state index contributed by atoms with van der Waals surface area (Å²) in [5.41, 5.74) is 4.90. The molecule has 0 aliphatic rings. The average molecular weight is 350 g/mol. The largest absolute Gasteiger partial charge is 0.416 e. The Morgan fingerprint density at radius 1 is 1.40 bits per heavy atom. The maximum atomic E-state index is 12.7. The molecule has 1 heterocycles. The minimum atomic E-state index is -4.43. The van der Waals surface area contributed by atoms with Gasteiger partial charge in [0.15, 0.2) is 5.82 Å². The molecule has 0 aliphatic carbocycles. The van der Waals surface area contributed by atoms with Gasteiger partial charge in [-0.15, -0.1) is 0 Å². The van der Waals surface area contributed by atoms with Gasteiger partial charge in [0.25, 0.3) is 5.89 Å². The molecule has 1 unspecified atom stereocenters. The highest BCUT2D eigenvalue weighted by molar-refractivity contribution is 9.10. The number of hydrogen-bond acceptors (Lipinski definition) is 4. The quantitative estimate of drug-likeness (QED) is 0.919. The molecule has 8 heteroatoms. The molecular weight excluding hydrogens is 339 g/mol. The highest BCUT2D eigenvalue weighted by Crippen LogP contribution is 2.35. The Bertz CT molecular complexity index is 612. The van der Waals surface area contributed by atoms with Crippen molar-refractivity contribution < 1.29 is 17.7 Å². The molecule has 20 heavy (non-hydrogen) atoms. The third-order valence-corrected chi connectivity index (χ3v) is 3.45. The number of hydrogen-bond donors (Lipinski definition) is 1. The van der Waals surface area contributed by atoms with Crippen LogP contribution < -0.4 is 5.73 Å². The molecule has 0 radical (unpaired) electrons. The van der Waals surface area contributed by atoms with E-state index in [1.807, 2.05) is 0 Å². The molecule has 0 aliphatic heterocycles. The van der Waals surface area contributed by atoms with Crippen molar-refractivity contribution in [2.24, 2.45) is 5.73 Å². The molecule has 0 bridgehead atoms. The third kappa shape index (κ3) is 3.01. The Morgan fingerprint density at radius 3 is 2.70 bits per heavy atom. The molecule has 0 saturated carbocycles. The Hall–Kier alpha value is -1.41. The highest BCUT2D eigenvalue weighted by Gasteiger charge is 2.31. The second-order valence-electron chi connectivity index (χ2n) is 4.29. The average Bonchev–Trinajstić information content (AvgIpc) is 2.86. The van der Waals surface area contributed by atoms with Gasteiger partial charge in [-0.3, -0.25) is 0 Å². The van der Waals surface area contributed by atoms with Crippen LogP contribution in [0, 0.1) is 0 Å². The van der Waals surface area contributed by atoms with Gasteiger partial charge in [-0.2, -0.15) is 18.2 Å². The van der Waals surface area contributed by atoms with E-state index in [1.165, 1.54) is 6.07 Å². The zero-order valence-corrected chi connectivity index (χ0v) is 12.0. The van der Waals surface area contributed by atoms with Crippen molar-refractivity contribution in [3.63, 3.8) is 0 Å². The SMILES string of the molecule is CC(CN)c1noc(-c2cc(C(F)(F)F)ccc2Br)n1. The first-order chi connectivity index (χ1) is 9.32. The Labute approximate surface area is 121 Å². The molecule has 108 valence electrons. The van der Waals surface area contributed by atoms with Crippen LogP contribution in [0.1, 0.15) is 24.2 Å². The van der Waals surface area contributed by atoms with Crippen LogP contribution in [0.25, 0.3) is 11.5 Å². The fourth-order valence-electron chi connectivity index (χ4n) is 1.52. The molecule has 4 nitrogen and oxygen atoms in total. The van der Waals surface area contributed by atoms with Crippen LogP contribution in [0.15, 0.2) is 27.2 Å². The van der Waals surface area contributed by atoms with Gasteiger partial charge >= 0.3 is 6.18 Å². The molecule has 1 aromatic carbocycles. The Kier molecular flexibility index (Phi) is 4.14. The molecule has 0 fully saturated rings. The van der Waals surface area contributed by atoms with E-state index in [1.54, 1.807) is 6.92 Å². The lowest BCUT2D eigenvalue weighted by atomic mass is 10.1. The lowest BCUT2D eigenvalue weighted by Gasteiger charge is -2.08. The summed E-state index contributed by atoms with van der Waals surface area (Å²) in [7, 11) is 0. The van der Waals surface area contributed by atoms with Crippen LogP contribution in [0.3, 0.4) is 0 Å². The fraction of sp³-hybridized carbons (Fsp3) is 0.333. The van der Waals surface area contributed by atoms with Crippen LogP contribution >= 0.6 is 15.9 Å². The van der Waals surface area contributed by atoms with E-state index < -0.39 is 11.7 Å². The van der Waals surface area contributed by atoms with E-state index in [0.29, 0.717) is 16.8 Å². The van der Waals surface area contributed by atoms with Crippen LogP contribution in [0.4, 0.5) is 13.2 Å². The molecule has 0 amide bonds. The van der Waals surface area contributed by atoms with Crippen LogP contribution in [-0.4, -0.2) is 16.7 Å². The number of alkyl halides is 3. The van der Waals surface area contributed by atoms with Crippen molar-refractivity contribution in [3.8, 4) is 11.5 Å². The standard InChI is InChI=1S/C12H11BrF3N3O/c1-6(5-17)10-18-11(20-19-10)8-4-7(12(14,15)16)2-3-9(8)13/h2-4,6H,5,17H2,1H3. The summed E-state index contributed by atoms with van der Waals surface area (Å²) >= 11 is 3.18. The summed E-state index contributed by atoms with van der Waals surface area (Å²) in [6.07, 6.45) is -4.43. The number of halogens is 4. The first-order valence-electron chi connectivity index (χ1n) is 5.73. The van der Waals surface area contributed by atoms with Crippen molar-refractivity contribution >= 4 is 15.9 Å². The first kappa shape index (κ1) is 15.0. The number of rotatable bonds is 3. The molecule has 2 aromatic rings. The van der Waals surface area contributed by atoms with E-state index in [0.717, 1.165) is 12.1 Å². The van der Waals surface area contributed by atoms with Gasteiger partial charge in [-0.1, -0.05) is 12.1 Å². The first-order valence-corrected chi connectivity index (χ1v) is 6.53. The van der Waals surface area contributed by atoms with Crippen molar-refractivity contribution in [1.29, 1.82) is 0 Å². The normalized spacial score (nSPS) is 13.5. The number of nitrogens with zero attached hydrogens (tertiary/aromatic N) is 2. The van der Waals surface area contributed by atoms with Gasteiger partial charge in [0.2, 0.25) is 0 Å². The molecule has 2 rings (SSSR count). The van der Waals surface area contributed by atoms with Crippen molar-refractivity contribution in [1.82, 2.24) is 10.1 Å². The van der Waals surface area contributed by atoms with Gasteiger partial charge < -0.3 is 10.3 Å². The van der Waals surface area contributed by atoms with Crippen molar-refractivity contribution in [3.05, 3.63) is 34.1 Å². The summed E-state index contributed by atoms with van der Waals surface area (Å²) < 4.78 is 43.6. The monoisotopic (exact) mass is 349 g/mol. The summed E-state index contributed by atoms with van der Waals surface area (Å²) in [6, 6.07) is 3.25. The third-order valence-electron chi connectivity index (χ3n) is 2.76. The highest BCUT2D eigenvalue weighted by atomic mass is 79.9. The van der Waals surface area contributed by atoms with Gasteiger partial charge in [-0.05, 0) is 34.1 Å². The summed E-state index contributed by atoms with van der Waals surface area (Å²) in [5.74, 6) is 0.266. The van der Waals surface area contributed by atoms with Crippen molar-refractivity contribution in [2.45, 2.75) is 19.0 Å². The smallest absolute Gasteiger partial charge is 0.334 e. The molecular formula is C12H11BrF3N3O. The summed E-state index contributed by atoms with van der Waals surface area (Å²) in [6.45, 7) is 2.12. The Balaban J connectivity index is 2.44. The number of aromatic nitrogens is 2. The predicted molar refractivity (Wildman–Crippen MR) is 69.9 cm³/mol. The minimum absolute atomic E-state index is 0.0262. The zero-order valence-electron chi connectivity index (χ0n) is 10.4. The second-order valence-corrected chi connectivity index (χ2v) is 5.14. The lowest BCUT2D eigenvalue weighted by molar-refractivity contribution is -0.137. The molecule has 1 atom stereocenters. The number of benzene rings is 1. The predicted octanol–water partition coefficient (Wildman–Crippen LogP) is 3.58. The molecule has 2 N–H and O–H groups in total. The van der Waals surface area contributed by atoms with Gasteiger partial charge in [0, 0.05) is 16.9 Å². The minimum Gasteiger partial charge on any atom is -0.334 e. The topological polar surface area (TPSA) is 64.9 Å². The summed E-state index contributed by atoms with van der Waals surface area (Å²) in [4.78, 5) is 4.08. The summed E-state index contributed by atoms with van der Waals surface area (Å²) in [5, 5.41) is 3.73. The van der Waals surface area contributed by atoms with E-state index >= 15 is 0 Å². The van der Waals surface area contributed by atoms with Gasteiger partial charge in [-0.25, -0.2) is 0 Å². The molecule has 0 saturated heterocycles. The van der Waals surface area contributed by atoms with Crippen LogP contribution in [-0.2, 0) is 6.18 Å². The zero-order chi connectivity index (χ0) is 14.9. The van der Waals surface area contributed by atoms with Gasteiger partial charge in [0.1, 0.15) is 0 Å². The second kappa shape index (κ2) is 5.53. The maximum Gasteiger partial charge on any atom is 0.416 e. The van der Waals surface area contributed by atoms with Crippen molar-refractivity contribution in [2.75, 3.05) is 6.54 Å². The molecule has 1 aromatic heterocycles. The van der Waals surface area contributed by atoms with E-state index in [-0.39, 0.29) is 17.4 Å². The van der Waals surface area contributed by atoms with Crippen LogP contribution in [0.2, 0.25) is 0 Å². The van der Waals surface area contributed by atoms with Crippen LogP contribution in [0.5, 0.6) is 0 Å².